The molecule has 1 aromatic rings. The van der Waals surface area contributed by atoms with Crippen LogP contribution in [-0.2, 0) is 0 Å². The summed E-state index contributed by atoms with van der Waals surface area (Å²) in [5.41, 5.74) is 0. The van der Waals surface area contributed by atoms with E-state index < -0.39 is 0 Å². The van der Waals surface area contributed by atoms with Gasteiger partial charge in [-0.15, -0.1) is 11.3 Å². The Morgan fingerprint density at radius 2 is 2.40 bits per heavy atom. The lowest BCUT2D eigenvalue weighted by Crippen LogP contribution is -2.03. The van der Waals surface area contributed by atoms with Gasteiger partial charge in [0.05, 0.1) is 15.4 Å². The molecule has 0 unspecified atom stereocenters. The summed E-state index contributed by atoms with van der Waals surface area (Å²) in [4.78, 5) is 0. The van der Waals surface area contributed by atoms with E-state index in [1.807, 2.05) is 12.1 Å². The number of aliphatic hydroxyl groups is 1. The number of anilines is 1. The summed E-state index contributed by atoms with van der Waals surface area (Å²) in [7, 11) is 0. The molecular formula is C6H8BrNOS. The molecule has 0 radical (unpaired) electrons. The summed E-state index contributed by atoms with van der Waals surface area (Å²) in [5, 5.41) is 12.6. The van der Waals surface area contributed by atoms with Gasteiger partial charge in [-0.3, -0.25) is 0 Å². The molecule has 0 saturated heterocycles. The second kappa shape index (κ2) is 3.95. The van der Waals surface area contributed by atoms with Crippen molar-refractivity contribution in [2.24, 2.45) is 0 Å². The van der Waals surface area contributed by atoms with Crippen molar-refractivity contribution in [3.05, 3.63) is 15.9 Å². The number of thiophene rings is 1. The highest BCUT2D eigenvalue weighted by molar-refractivity contribution is 9.11. The minimum atomic E-state index is 0.176. The van der Waals surface area contributed by atoms with Gasteiger partial charge in [-0.05, 0) is 28.1 Å². The number of hydrogen-bond donors (Lipinski definition) is 2. The zero-order chi connectivity index (χ0) is 7.40. The van der Waals surface area contributed by atoms with Crippen molar-refractivity contribution < 1.29 is 5.11 Å². The monoisotopic (exact) mass is 221 g/mol. The molecule has 56 valence electrons. The van der Waals surface area contributed by atoms with E-state index in [4.69, 9.17) is 5.11 Å². The maximum absolute atomic E-state index is 8.46. The lowest BCUT2D eigenvalue weighted by molar-refractivity contribution is 0.311. The van der Waals surface area contributed by atoms with E-state index in [9.17, 15) is 0 Å². The molecule has 0 aromatic carbocycles. The molecule has 0 aliphatic heterocycles. The summed E-state index contributed by atoms with van der Waals surface area (Å²) in [5.74, 6) is 0. The number of aliphatic hydroxyl groups excluding tert-OH is 1. The summed E-state index contributed by atoms with van der Waals surface area (Å²) in [6, 6.07) is 3.95. The Morgan fingerprint density at radius 1 is 1.60 bits per heavy atom. The highest BCUT2D eigenvalue weighted by atomic mass is 79.9. The van der Waals surface area contributed by atoms with E-state index in [-0.39, 0.29) is 6.61 Å². The average molecular weight is 222 g/mol. The fourth-order valence-corrected chi connectivity index (χ4v) is 1.90. The molecule has 0 spiro atoms. The van der Waals surface area contributed by atoms with Crippen LogP contribution >= 0.6 is 27.3 Å². The maximum Gasteiger partial charge on any atom is 0.0895 e. The van der Waals surface area contributed by atoms with E-state index in [0.29, 0.717) is 6.54 Å². The van der Waals surface area contributed by atoms with Crippen molar-refractivity contribution in [3.63, 3.8) is 0 Å². The number of hydrogen-bond acceptors (Lipinski definition) is 3. The fourth-order valence-electron chi connectivity index (χ4n) is 0.588. The Morgan fingerprint density at radius 3 is 2.90 bits per heavy atom. The Hall–Kier alpha value is -0.0600. The van der Waals surface area contributed by atoms with Gasteiger partial charge >= 0.3 is 0 Å². The molecule has 1 rings (SSSR count). The molecule has 0 atom stereocenters. The zero-order valence-electron chi connectivity index (χ0n) is 5.30. The summed E-state index contributed by atoms with van der Waals surface area (Å²) < 4.78 is 1.10. The van der Waals surface area contributed by atoms with Gasteiger partial charge in [0.25, 0.3) is 0 Å². The Balaban J connectivity index is 2.42. The van der Waals surface area contributed by atoms with Crippen molar-refractivity contribution in [3.8, 4) is 0 Å². The smallest absolute Gasteiger partial charge is 0.0895 e. The lowest BCUT2D eigenvalue weighted by Gasteiger charge is -1.96. The van der Waals surface area contributed by atoms with Crippen LogP contribution in [0.25, 0.3) is 0 Å². The first-order valence-corrected chi connectivity index (χ1v) is 4.54. The van der Waals surface area contributed by atoms with Gasteiger partial charge in [0.1, 0.15) is 0 Å². The first-order valence-electron chi connectivity index (χ1n) is 2.93. The molecule has 1 heterocycles. The highest BCUT2D eigenvalue weighted by Crippen LogP contribution is 2.25. The van der Waals surface area contributed by atoms with E-state index in [0.717, 1.165) is 8.79 Å². The molecule has 2 nitrogen and oxygen atoms in total. The van der Waals surface area contributed by atoms with Gasteiger partial charge in [-0.1, -0.05) is 0 Å². The molecule has 10 heavy (non-hydrogen) atoms. The summed E-state index contributed by atoms with van der Waals surface area (Å²) in [6.07, 6.45) is 0. The standard InChI is InChI=1S/C6H8BrNOS/c7-5-1-2-6(10-5)8-3-4-9/h1-2,8-9H,3-4H2. The van der Waals surface area contributed by atoms with Gasteiger partial charge in [0.2, 0.25) is 0 Å². The predicted octanol–water partition coefficient (Wildman–Crippen LogP) is 1.91. The number of halogens is 1. The maximum atomic E-state index is 8.46. The fraction of sp³-hybridized carbons (Fsp3) is 0.333. The molecule has 0 bridgehead atoms. The van der Waals surface area contributed by atoms with Gasteiger partial charge in [0, 0.05) is 6.54 Å². The molecule has 0 aliphatic rings. The van der Waals surface area contributed by atoms with Gasteiger partial charge in [-0.25, -0.2) is 0 Å². The summed E-state index contributed by atoms with van der Waals surface area (Å²) >= 11 is 4.96. The van der Waals surface area contributed by atoms with Crippen LogP contribution in [0.4, 0.5) is 5.00 Å². The van der Waals surface area contributed by atoms with E-state index in [1.165, 1.54) is 0 Å². The molecule has 4 heteroatoms. The third-order valence-electron chi connectivity index (χ3n) is 0.984. The molecule has 0 saturated carbocycles. The average Bonchev–Trinajstić information content (AvgIpc) is 2.31. The Labute approximate surface area is 72.0 Å². The van der Waals surface area contributed by atoms with Gasteiger partial charge < -0.3 is 10.4 Å². The largest absolute Gasteiger partial charge is 0.395 e. The molecular weight excluding hydrogens is 214 g/mol. The first-order chi connectivity index (χ1) is 4.83. The molecule has 0 fully saturated rings. The van der Waals surface area contributed by atoms with Crippen molar-refractivity contribution >= 4 is 32.3 Å². The molecule has 1 aromatic heterocycles. The van der Waals surface area contributed by atoms with Crippen LogP contribution in [-0.4, -0.2) is 18.3 Å². The van der Waals surface area contributed by atoms with Crippen molar-refractivity contribution in [2.45, 2.75) is 0 Å². The quantitative estimate of drug-likeness (QED) is 0.818. The van der Waals surface area contributed by atoms with Crippen molar-refractivity contribution in [1.29, 1.82) is 0 Å². The second-order valence-electron chi connectivity index (χ2n) is 1.75. The summed E-state index contributed by atoms with van der Waals surface area (Å²) in [6.45, 7) is 0.794. The minimum Gasteiger partial charge on any atom is -0.395 e. The Bertz CT molecular complexity index is 201. The molecule has 0 aliphatic carbocycles. The molecule has 2 N–H and O–H groups in total. The first kappa shape index (κ1) is 8.04. The minimum absolute atomic E-state index is 0.176. The zero-order valence-corrected chi connectivity index (χ0v) is 7.70. The van der Waals surface area contributed by atoms with Crippen LogP contribution in [0.2, 0.25) is 0 Å². The normalized spacial score (nSPS) is 9.80. The van der Waals surface area contributed by atoms with E-state index in [2.05, 4.69) is 21.2 Å². The van der Waals surface area contributed by atoms with Crippen LogP contribution in [0.15, 0.2) is 15.9 Å². The predicted molar refractivity (Wildman–Crippen MR) is 47.6 cm³/mol. The van der Waals surface area contributed by atoms with Crippen LogP contribution in [0, 0.1) is 0 Å². The van der Waals surface area contributed by atoms with Crippen LogP contribution in [0.1, 0.15) is 0 Å². The molecule has 0 amide bonds. The van der Waals surface area contributed by atoms with Gasteiger partial charge in [-0.2, -0.15) is 0 Å². The highest BCUT2D eigenvalue weighted by Gasteiger charge is 1.93. The second-order valence-corrected chi connectivity index (χ2v) is 4.22. The lowest BCUT2D eigenvalue weighted by atomic mass is 10.6. The van der Waals surface area contributed by atoms with Crippen LogP contribution in [0.5, 0.6) is 0 Å². The van der Waals surface area contributed by atoms with E-state index in [1.54, 1.807) is 11.3 Å². The SMILES string of the molecule is OCCNc1ccc(Br)s1. The van der Waals surface area contributed by atoms with Crippen LogP contribution in [0.3, 0.4) is 0 Å². The third kappa shape index (κ3) is 2.28. The van der Waals surface area contributed by atoms with Crippen molar-refractivity contribution in [1.82, 2.24) is 0 Å². The Kier molecular flexibility index (Phi) is 3.18. The van der Waals surface area contributed by atoms with Gasteiger partial charge in [0.15, 0.2) is 0 Å². The number of nitrogens with one attached hydrogen (secondary N) is 1. The van der Waals surface area contributed by atoms with Crippen LogP contribution < -0.4 is 5.32 Å². The third-order valence-corrected chi connectivity index (χ3v) is 2.57. The topological polar surface area (TPSA) is 32.3 Å². The van der Waals surface area contributed by atoms with E-state index >= 15 is 0 Å². The van der Waals surface area contributed by atoms with Crippen molar-refractivity contribution in [2.75, 3.05) is 18.5 Å². The number of rotatable bonds is 3.